The topological polar surface area (TPSA) is 42.6 Å². The summed E-state index contributed by atoms with van der Waals surface area (Å²) in [6.07, 6.45) is 3.29. The van der Waals surface area contributed by atoms with Gasteiger partial charge >= 0.3 is 0 Å². The van der Waals surface area contributed by atoms with E-state index >= 15 is 0 Å². The van der Waals surface area contributed by atoms with Gasteiger partial charge in [0.25, 0.3) is 0 Å². The van der Waals surface area contributed by atoms with Crippen LogP contribution in [-0.4, -0.2) is 12.2 Å². The van der Waals surface area contributed by atoms with Crippen molar-refractivity contribution in [2.45, 2.75) is 19.1 Å². The van der Waals surface area contributed by atoms with Crippen LogP contribution in [0.1, 0.15) is 22.8 Å². The Hall–Kier alpha value is -1.58. The summed E-state index contributed by atoms with van der Waals surface area (Å²) in [5.74, 6) is 0. The summed E-state index contributed by atoms with van der Waals surface area (Å²) in [5.41, 5.74) is 2.92. The van der Waals surface area contributed by atoms with E-state index in [4.69, 9.17) is 9.15 Å². The van der Waals surface area contributed by atoms with Crippen molar-refractivity contribution < 1.29 is 14.3 Å². The van der Waals surface area contributed by atoms with Crippen LogP contribution in [0, 0.1) is 0 Å². The molecule has 1 aromatic heterocycles. The number of aliphatic hydroxyl groups excluding tert-OH is 1. The van der Waals surface area contributed by atoms with Crippen LogP contribution < -0.4 is 0 Å². The Balaban J connectivity index is 2.15. The van der Waals surface area contributed by atoms with Crippen molar-refractivity contribution in [3.05, 3.63) is 59.5 Å². The molecule has 1 N–H and O–H groups in total. The molecule has 0 radical (unpaired) electrons. The molecule has 0 aliphatic rings. The Bertz CT molecular complexity index is 448. The third kappa shape index (κ3) is 2.96. The van der Waals surface area contributed by atoms with Crippen molar-refractivity contribution >= 4 is 0 Å². The highest BCUT2D eigenvalue weighted by Gasteiger charge is 2.13. The number of ether oxygens (including phenoxy) is 1. The van der Waals surface area contributed by atoms with Crippen molar-refractivity contribution in [1.82, 2.24) is 0 Å². The summed E-state index contributed by atoms with van der Waals surface area (Å²) >= 11 is 0. The molecule has 0 spiro atoms. The van der Waals surface area contributed by atoms with Gasteiger partial charge in [-0.2, -0.15) is 0 Å². The van der Waals surface area contributed by atoms with Gasteiger partial charge in [-0.1, -0.05) is 24.3 Å². The molecule has 0 saturated heterocycles. The number of hydrogen-bond acceptors (Lipinski definition) is 3. The maximum atomic E-state index is 10.2. The lowest BCUT2D eigenvalue weighted by Gasteiger charge is -2.14. The Kier molecular flexibility index (Phi) is 3.96. The monoisotopic (exact) mass is 232 g/mol. The zero-order valence-corrected chi connectivity index (χ0v) is 9.80. The van der Waals surface area contributed by atoms with Crippen LogP contribution in [0.15, 0.2) is 47.3 Å². The van der Waals surface area contributed by atoms with Gasteiger partial charge in [0, 0.05) is 13.5 Å². The molecule has 0 saturated carbocycles. The van der Waals surface area contributed by atoms with Gasteiger partial charge in [0.1, 0.15) is 0 Å². The Morgan fingerprint density at radius 3 is 2.82 bits per heavy atom. The van der Waals surface area contributed by atoms with Crippen molar-refractivity contribution in [3.8, 4) is 0 Å². The van der Waals surface area contributed by atoms with Crippen LogP contribution in [0.3, 0.4) is 0 Å². The fraction of sp³-hybridized carbons (Fsp3) is 0.286. The molecule has 0 fully saturated rings. The van der Waals surface area contributed by atoms with E-state index in [1.807, 2.05) is 30.3 Å². The third-order valence-corrected chi connectivity index (χ3v) is 2.72. The zero-order chi connectivity index (χ0) is 12.1. The molecule has 1 aromatic carbocycles. The second-order valence-electron chi connectivity index (χ2n) is 3.98. The van der Waals surface area contributed by atoms with Crippen LogP contribution >= 0.6 is 0 Å². The minimum atomic E-state index is -0.529. The van der Waals surface area contributed by atoms with E-state index < -0.39 is 6.10 Å². The molecule has 2 rings (SSSR count). The summed E-state index contributed by atoms with van der Waals surface area (Å²) in [4.78, 5) is 0. The highest BCUT2D eigenvalue weighted by atomic mass is 16.5. The van der Waals surface area contributed by atoms with E-state index in [9.17, 15) is 5.11 Å². The standard InChI is InChI=1S/C14H16O3/c1-16-10-12-4-2-3-5-13(12)14(15)8-11-6-7-17-9-11/h2-7,9,14-15H,8,10H2,1H3. The molecule has 1 unspecified atom stereocenters. The molecule has 1 heterocycles. The number of methoxy groups -OCH3 is 1. The molecule has 0 bridgehead atoms. The molecule has 2 aromatic rings. The van der Waals surface area contributed by atoms with Crippen molar-refractivity contribution in [1.29, 1.82) is 0 Å². The van der Waals surface area contributed by atoms with Crippen LogP contribution in [0.4, 0.5) is 0 Å². The number of aliphatic hydroxyl groups is 1. The summed E-state index contributed by atoms with van der Waals surface area (Å²) < 4.78 is 10.1. The van der Waals surface area contributed by atoms with Gasteiger partial charge in [-0.05, 0) is 22.8 Å². The van der Waals surface area contributed by atoms with Gasteiger partial charge < -0.3 is 14.3 Å². The second kappa shape index (κ2) is 5.66. The highest BCUT2D eigenvalue weighted by molar-refractivity contribution is 5.29. The van der Waals surface area contributed by atoms with E-state index in [0.717, 1.165) is 16.7 Å². The van der Waals surface area contributed by atoms with E-state index in [-0.39, 0.29) is 0 Å². The van der Waals surface area contributed by atoms with E-state index in [1.165, 1.54) is 0 Å². The van der Waals surface area contributed by atoms with Crippen molar-refractivity contribution in [3.63, 3.8) is 0 Å². The lowest BCUT2D eigenvalue weighted by Crippen LogP contribution is -2.05. The average molecular weight is 232 g/mol. The summed E-state index contributed by atoms with van der Waals surface area (Å²) in [6, 6.07) is 9.63. The average Bonchev–Trinajstić information content (AvgIpc) is 2.83. The largest absolute Gasteiger partial charge is 0.472 e. The second-order valence-corrected chi connectivity index (χ2v) is 3.98. The number of benzene rings is 1. The summed E-state index contributed by atoms with van der Waals surface area (Å²) in [7, 11) is 1.65. The SMILES string of the molecule is COCc1ccccc1C(O)Cc1ccoc1. The normalized spacial score (nSPS) is 12.6. The molecule has 90 valence electrons. The molecule has 3 nitrogen and oxygen atoms in total. The third-order valence-electron chi connectivity index (χ3n) is 2.72. The van der Waals surface area contributed by atoms with Crippen molar-refractivity contribution in [2.75, 3.05) is 7.11 Å². The van der Waals surface area contributed by atoms with Gasteiger partial charge in [-0.15, -0.1) is 0 Å². The Morgan fingerprint density at radius 2 is 2.12 bits per heavy atom. The van der Waals surface area contributed by atoms with Gasteiger partial charge in [-0.3, -0.25) is 0 Å². The molecular formula is C14H16O3. The summed E-state index contributed by atoms with van der Waals surface area (Å²) in [6.45, 7) is 0.513. The first-order valence-electron chi connectivity index (χ1n) is 5.57. The minimum absolute atomic E-state index is 0.513. The van der Waals surface area contributed by atoms with Crippen LogP contribution in [0.2, 0.25) is 0 Å². The van der Waals surface area contributed by atoms with Gasteiger partial charge in [0.15, 0.2) is 0 Å². The molecular weight excluding hydrogens is 216 g/mol. The summed E-state index contributed by atoms with van der Waals surface area (Å²) in [5, 5.41) is 10.2. The van der Waals surface area contributed by atoms with E-state index in [2.05, 4.69) is 0 Å². The minimum Gasteiger partial charge on any atom is -0.472 e. The molecule has 3 heteroatoms. The lowest BCUT2D eigenvalue weighted by molar-refractivity contribution is 0.161. The molecule has 0 amide bonds. The van der Waals surface area contributed by atoms with Crippen LogP contribution in [-0.2, 0) is 17.8 Å². The molecule has 17 heavy (non-hydrogen) atoms. The highest BCUT2D eigenvalue weighted by Crippen LogP contribution is 2.22. The van der Waals surface area contributed by atoms with E-state index in [0.29, 0.717) is 13.0 Å². The first-order chi connectivity index (χ1) is 8.31. The lowest BCUT2D eigenvalue weighted by atomic mass is 9.98. The predicted molar refractivity (Wildman–Crippen MR) is 64.5 cm³/mol. The fourth-order valence-electron chi connectivity index (χ4n) is 1.89. The zero-order valence-electron chi connectivity index (χ0n) is 9.80. The fourth-order valence-corrected chi connectivity index (χ4v) is 1.89. The molecule has 0 aliphatic heterocycles. The van der Waals surface area contributed by atoms with Crippen molar-refractivity contribution in [2.24, 2.45) is 0 Å². The van der Waals surface area contributed by atoms with Gasteiger partial charge in [0.2, 0.25) is 0 Å². The number of furan rings is 1. The first-order valence-corrected chi connectivity index (χ1v) is 5.57. The van der Waals surface area contributed by atoms with Crippen LogP contribution in [0.5, 0.6) is 0 Å². The smallest absolute Gasteiger partial charge is 0.0935 e. The van der Waals surface area contributed by atoms with Gasteiger partial charge in [-0.25, -0.2) is 0 Å². The predicted octanol–water partition coefficient (Wildman–Crippen LogP) is 2.70. The maximum absolute atomic E-state index is 10.2. The van der Waals surface area contributed by atoms with Crippen LogP contribution in [0.25, 0.3) is 0 Å². The quantitative estimate of drug-likeness (QED) is 0.861. The molecule has 0 aliphatic carbocycles. The number of rotatable bonds is 5. The first kappa shape index (κ1) is 11.9. The maximum Gasteiger partial charge on any atom is 0.0935 e. The number of hydrogen-bond donors (Lipinski definition) is 1. The Labute approximate surface area is 101 Å². The molecule has 1 atom stereocenters. The van der Waals surface area contributed by atoms with E-state index in [1.54, 1.807) is 19.6 Å². The Morgan fingerprint density at radius 1 is 1.29 bits per heavy atom. The van der Waals surface area contributed by atoms with Gasteiger partial charge in [0.05, 0.1) is 25.2 Å².